The van der Waals surface area contributed by atoms with Gasteiger partial charge in [-0.15, -0.1) is 0 Å². The molecule has 0 amide bonds. The molecule has 1 rings (SSSR count). The number of esters is 1. The molecule has 0 saturated heterocycles. The molecule has 18 heavy (non-hydrogen) atoms. The Balaban J connectivity index is 3.01. The first kappa shape index (κ1) is 14.1. The van der Waals surface area contributed by atoms with E-state index >= 15 is 0 Å². The molecule has 7 heteroatoms. The molecule has 1 aromatic rings. The highest BCUT2D eigenvalue weighted by Crippen LogP contribution is 2.28. The van der Waals surface area contributed by atoms with Gasteiger partial charge < -0.3 is 4.74 Å². The van der Waals surface area contributed by atoms with Crippen LogP contribution in [0.5, 0.6) is 0 Å². The first-order chi connectivity index (χ1) is 8.47. The van der Waals surface area contributed by atoms with Crippen LogP contribution in [0.4, 0.5) is 5.69 Å². The molecule has 0 saturated carbocycles. The van der Waals surface area contributed by atoms with Gasteiger partial charge in [0.15, 0.2) is 0 Å². The van der Waals surface area contributed by atoms with Crippen molar-refractivity contribution >= 4 is 29.3 Å². The number of ether oxygens (including phenoxy) is 1. The highest BCUT2D eigenvalue weighted by molar-refractivity contribution is 6.31. The summed E-state index contributed by atoms with van der Waals surface area (Å²) in [5, 5.41) is 10.7. The maximum Gasteiger partial charge on any atom is 0.309 e. The number of nitrogens with zero attached hydrogens (tertiary/aromatic N) is 2. The van der Waals surface area contributed by atoms with Crippen molar-refractivity contribution < 1.29 is 14.5 Å². The third-order valence-corrected chi connectivity index (χ3v) is 2.57. The summed E-state index contributed by atoms with van der Waals surface area (Å²) in [5.74, 6) is -0.389. The number of rotatable bonds is 4. The number of aromatic nitrogens is 1. The van der Waals surface area contributed by atoms with E-state index in [1.165, 1.54) is 13.3 Å². The van der Waals surface area contributed by atoms with Crippen molar-refractivity contribution in [1.29, 1.82) is 0 Å². The molecule has 0 aliphatic heterocycles. The Morgan fingerprint density at radius 1 is 1.67 bits per heavy atom. The fraction of sp³-hybridized carbons (Fsp3) is 0.273. The van der Waals surface area contributed by atoms with Gasteiger partial charge in [-0.2, -0.15) is 0 Å². The van der Waals surface area contributed by atoms with E-state index in [0.717, 1.165) is 0 Å². The number of pyridine rings is 1. The maximum atomic E-state index is 10.9. The van der Waals surface area contributed by atoms with Crippen LogP contribution in [0.15, 0.2) is 12.3 Å². The van der Waals surface area contributed by atoms with Crippen LogP contribution in [0.3, 0.4) is 0 Å². The van der Waals surface area contributed by atoms with Gasteiger partial charge >= 0.3 is 11.7 Å². The Morgan fingerprint density at radius 3 is 2.89 bits per heavy atom. The first-order valence-electron chi connectivity index (χ1n) is 5.00. The smallest absolute Gasteiger partial charge is 0.309 e. The van der Waals surface area contributed by atoms with Crippen molar-refractivity contribution in [3.63, 3.8) is 0 Å². The van der Waals surface area contributed by atoms with Gasteiger partial charge in [-0.05, 0) is 6.92 Å². The van der Waals surface area contributed by atoms with Crippen LogP contribution in [-0.2, 0) is 9.53 Å². The molecular formula is C11H11ClN2O4. The lowest BCUT2D eigenvalue weighted by atomic mass is 10.1. The van der Waals surface area contributed by atoms with E-state index in [1.807, 2.05) is 0 Å². The zero-order valence-electron chi connectivity index (χ0n) is 9.84. The minimum atomic E-state index is -0.581. The van der Waals surface area contributed by atoms with E-state index in [0.29, 0.717) is 11.1 Å². The zero-order chi connectivity index (χ0) is 13.7. The van der Waals surface area contributed by atoms with Gasteiger partial charge in [-0.1, -0.05) is 23.8 Å². The molecule has 96 valence electrons. The van der Waals surface area contributed by atoms with Gasteiger partial charge in [0.2, 0.25) is 5.15 Å². The molecule has 0 aliphatic rings. The lowest BCUT2D eigenvalue weighted by molar-refractivity contribution is -0.385. The van der Waals surface area contributed by atoms with Crippen LogP contribution < -0.4 is 0 Å². The van der Waals surface area contributed by atoms with Gasteiger partial charge in [0.1, 0.15) is 0 Å². The number of carbonyl (C=O) groups excluding carboxylic acids is 1. The zero-order valence-corrected chi connectivity index (χ0v) is 10.6. The molecule has 0 bridgehead atoms. The Labute approximate surface area is 108 Å². The normalized spacial score (nSPS) is 10.6. The second kappa shape index (κ2) is 6.11. The molecule has 0 unspecified atom stereocenters. The number of hydrogen-bond acceptors (Lipinski definition) is 5. The van der Waals surface area contributed by atoms with Gasteiger partial charge in [0.25, 0.3) is 0 Å². The summed E-state index contributed by atoms with van der Waals surface area (Å²) < 4.78 is 4.46. The summed E-state index contributed by atoms with van der Waals surface area (Å²) in [6, 6.07) is 0. The summed E-state index contributed by atoms with van der Waals surface area (Å²) in [6.07, 6.45) is 4.63. The van der Waals surface area contributed by atoms with Crippen molar-refractivity contribution in [1.82, 2.24) is 4.98 Å². The number of halogens is 1. The summed E-state index contributed by atoms with van der Waals surface area (Å²) in [7, 11) is 1.29. The van der Waals surface area contributed by atoms with Crippen molar-refractivity contribution in [3.8, 4) is 0 Å². The summed E-state index contributed by atoms with van der Waals surface area (Å²) in [5.41, 5.74) is 0.716. The third kappa shape index (κ3) is 3.27. The molecule has 0 spiro atoms. The predicted octanol–water partition coefficient (Wildman–Crippen LogP) is 2.53. The van der Waals surface area contributed by atoms with Crippen molar-refractivity contribution in [2.45, 2.75) is 13.3 Å². The Hall–Kier alpha value is -1.95. The SMILES string of the molecule is COC(=O)CC=Cc1cnc(Cl)c([N+](=O)[O-])c1C. The highest BCUT2D eigenvalue weighted by Gasteiger charge is 2.19. The lowest BCUT2D eigenvalue weighted by Crippen LogP contribution is -1.98. The standard InChI is InChI=1S/C11H11ClN2O4/c1-7-8(4-3-5-9(15)18-2)6-13-11(12)10(7)14(16)17/h3-4,6H,5H2,1-2H3. The third-order valence-electron chi connectivity index (χ3n) is 2.29. The summed E-state index contributed by atoms with van der Waals surface area (Å²) >= 11 is 5.65. The molecule has 0 fully saturated rings. The van der Waals surface area contributed by atoms with E-state index in [-0.39, 0.29) is 23.2 Å². The number of carbonyl (C=O) groups is 1. The van der Waals surface area contributed by atoms with Crippen LogP contribution >= 0.6 is 11.6 Å². The van der Waals surface area contributed by atoms with Gasteiger partial charge in [0, 0.05) is 17.3 Å². The molecule has 1 heterocycles. The quantitative estimate of drug-likeness (QED) is 0.363. The predicted molar refractivity (Wildman–Crippen MR) is 66.3 cm³/mol. The van der Waals surface area contributed by atoms with Crippen LogP contribution in [0.2, 0.25) is 5.15 Å². The van der Waals surface area contributed by atoms with Crippen LogP contribution in [-0.4, -0.2) is 23.0 Å². The largest absolute Gasteiger partial charge is 0.469 e. The van der Waals surface area contributed by atoms with Crippen LogP contribution in [0.25, 0.3) is 6.08 Å². The van der Waals surface area contributed by atoms with Gasteiger partial charge in [-0.3, -0.25) is 14.9 Å². The minimum absolute atomic E-state index is 0.0896. The lowest BCUT2D eigenvalue weighted by Gasteiger charge is -2.02. The number of hydrogen-bond donors (Lipinski definition) is 0. The van der Waals surface area contributed by atoms with E-state index < -0.39 is 4.92 Å². The minimum Gasteiger partial charge on any atom is -0.469 e. The average Bonchev–Trinajstić information content (AvgIpc) is 2.31. The summed E-state index contributed by atoms with van der Waals surface area (Å²) in [4.78, 5) is 24.9. The van der Waals surface area contributed by atoms with Crippen LogP contribution in [0.1, 0.15) is 17.5 Å². The molecule has 6 nitrogen and oxygen atoms in total. The van der Waals surface area contributed by atoms with Gasteiger partial charge in [0.05, 0.1) is 18.5 Å². The number of methoxy groups -OCH3 is 1. The number of nitro groups is 1. The molecule has 0 N–H and O–H groups in total. The molecular weight excluding hydrogens is 260 g/mol. The average molecular weight is 271 g/mol. The highest BCUT2D eigenvalue weighted by atomic mass is 35.5. The molecule has 0 radical (unpaired) electrons. The van der Waals surface area contributed by atoms with Gasteiger partial charge in [-0.25, -0.2) is 4.98 Å². The second-order valence-electron chi connectivity index (χ2n) is 3.42. The molecule has 0 atom stereocenters. The van der Waals surface area contributed by atoms with Crippen LogP contribution in [0, 0.1) is 17.0 Å². The topological polar surface area (TPSA) is 82.3 Å². The monoisotopic (exact) mass is 270 g/mol. The van der Waals surface area contributed by atoms with E-state index in [4.69, 9.17) is 11.6 Å². The molecule has 1 aromatic heterocycles. The second-order valence-corrected chi connectivity index (χ2v) is 3.78. The summed E-state index contributed by atoms with van der Waals surface area (Å²) in [6.45, 7) is 1.57. The van der Waals surface area contributed by atoms with Crippen molar-refractivity contribution in [2.75, 3.05) is 7.11 Å². The Bertz CT molecular complexity index is 514. The Kier molecular flexibility index (Phi) is 4.79. The van der Waals surface area contributed by atoms with E-state index in [2.05, 4.69) is 9.72 Å². The van der Waals surface area contributed by atoms with E-state index in [1.54, 1.807) is 19.1 Å². The molecule has 0 aromatic carbocycles. The Morgan fingerprint density at radius 2 is 2.33 bits per heavy atom. The maximum absolute atomic E-state index is 10.9. The van der Waals surface area contributed by atoms with Crippen molar-refractivity contribution in [2.24, 2.45) is 0 Å². The fourth-order valence-electron chi connectivity index (χ4n) is 1.32. The van der Waals surface area contributed by atoms with E-state index in [9.17, 15) is 14.9 Å². The first-order valence-corrected chi connectivity index (χ1v) is 5.38. The fourth-order valence-corrected chi connectivity index (χ4v) is 1.58. The molecule has 0 aliphatic carbocycles. The van der Waals surface area contributed by atoms with Crippen molar-refractivity contribution in [3.05, 3.63) is 38.7 Å².